The third-order valence-corrected chi connectivity index (χ3v) is 6.53. The number of aromatic nitrogens is 4. The fourth-order valence-electron chi connectivity index (χ4n) is 4.39. The van der Waals surface area contributed by atoms with E-state index in [4.69, 9.17) is 0 Å². The number of aryl methyl sites for hydroxylation is 3. The largest absolute Gasteiger partial charge is 0.340 e. The van der Waals surface area contributed by atoms with Crippen molar-refractivity contribution >= 4 is 17.1 Å². The van der Waals surface area contributed by atoms with E-state index in [2.05, 4.69) is 21.8 Å². The van der Waals surface area contributed by atoms with Crippen LogP contribution in [0.15, 0.2) is 33.9 Å². The minimum atomic E-state index is -0.411. The number of hydrogen-bond donors (Lipinski definition) is 1. The standard InChI is InChI=1S/C24H32N6O3/c1-4-5-10-30-22-21(23(32)26-24(30)33)27(3)19(25-22)16-28-11-13-29(14-12-28)20(31)15-18-9-7-6-8-17(18)2/h6-9H,4-5,10-16H2,1-3H3,(H,26,32,33). The van der Waals surface area contributed by atoms with Crippen molar-refractivity contribution in [1.29, 1.82) is 0 Å². The molecule has 33 heavy (non-hydrogen) atoms. The molecule has 9 nitrogen and oxygen atoms in total. The highest BCUT2D eigenvalue weighted by Gasteiger charge is 2.24. The monoisotopic (exact) mass is 452 g/mol. The van der Waals surface area contributed by atoms with Crippen molar-refractivity contribution in [3.8, 4) is 0 Å². The SMILES string of the molecule is CCCCn1c(=O)[nH]c(=O)c2c1nc(CN1CCN(C(=O)Cc3ccccc3C)CC1)n2C. The van der Waals surface area contributed by atoms with Crippen LogP contribution in [0, 0.1) is 6.92 Å². The molecule has 1 N–H and O–H groups in total. The maximum absolute atomic E-state index is 12.8. The van der Waals surface area contributed by atoms with E-state index in [1.54, 1.807) is 9.13 Å². The molecule has 4 rings (SSSR count). The van der Waals surface area contributed by atoms with Gasteiger partial charge in [-0.3, -0.25) is 24.0 Å². The minimum absolute atomic E-state index is 0.151. The Morgan fingerprint density at radius 2 is 1.85 bits per heavy atom. The molecule has 0 atom stereocenters. The molecule has 0 aliphatic carbocycles. The second-order valence-corrected chi connectivity index (χ2v) is 8.78. The number of piperazine rings is 1. The van der Waals surface area contributed by atoms with Crippen LogP contribution in [0.3, 0.4) is 0 Å². The maximum Gasteiger partial charge on any atom is 0.330 e. The number of carbonyl (C=O) groups is 1. The highest BCUT2D eigenvalue weighted by molar-refractivity contribution is 5.79. The number of unbranched alkanes of at least 4 members (excludes halogenated alkanes) is 1. The first-order valence-corrected chi connectivity index (χ1v) is 11.6. The summed E-state index contributed by atoms with van der Waals surface area (Å²) in [6.45, 7) is 7.98. The van der Waals surface area contributed by atoms with E-state index in [0.29, 0.717) is 43.8 Å². The number of nitrogens with one attached hydrogen (secondary N) is 1. The molecule has 0 unspecified atom stereocenters. The van der Waals surface area contributed by atoms with Gasteiger partial charge in [-0.1, -0.05) is 37.6 Å². The van der Waals surface area contributed by atoms with Crippen molar-refractivity contribution in [2.24, 2.45) is 7.05 Å². The second-order valence-electron chi connectivity index (χ2n) is 8.78. The average Bonchev–Trinajstić information content (AvgIpc) is 3.12. The van der Waals surface area contributed by atoms with Crippen LogP contribution in [0.5, 0.6) is 0 Å². The van der Waals surface area contributed by atoms with Crippen LogP contribution in [0.1, 0.15) is 36.7 Å². The maximum atomic E-state index is 12.8. The highest BCUT2D eigenvalue weighted by atomic mass is 16.2. The van der Waals surface area contributed by atoms with Gasteiger partial charge in [0.05, 0.1) is 13.0 Å². The third kappa shape index (κ3) is 4.78. The predicted molar refractivity (Wildman–Crippen MR) is 127 cm³/mol. The van der Waals surface area contributed by atoms with Gasteiger partial charge in [0.1, 0.15) is 5.82 Å². The zero-order valence-electron chi connectivity index (χ0n) is 19.6. The number of aromatic amines is 1. The molecule has 0 saturated carbocycles. The molecular weight excluding hydrogens is 420 g/mol. The van der Waals surface area contributed by atoms with Gasteiger partial charge in [-0.15, -0.1) is 0 Å². The van der Waals surface area contributed by atoms with Gasteiger partial charge in [-0.2, -0.15) is 0 Å². The molecule has 0 bridgehead atoms. The number of fused-ring (bicyclic) bond motifs is 1. The average molecular weight is 453 g/mol. The van der Waals surface area contributed by atoms with Crippen LogP contribution in [0.2, 0.25) is 0 Å². The molecule has 1 saturated heterocycles. The van der Waals surface area contributed by atoms with Crippen LogP contribution in [-0.2, 0) is 31.4 Å². The van der Waals surface area contributed by atoms with Crippen molar-refractivity contribution in [3.05, 3.63) is 62.1 Å². The van der Waals surface area contributed by atoms with Gasteiger partial charge in [-0.25, -0.2) is 9.78 Å². The van der Waals surface area contributed by atoms with Gasteiger partial charge in [0, 0.05) is 39.8 Å². The summed E-state index contributed by atoms with van der Waals surface area (Å²) in [5.74, 6) is 0.893. The molecule has 3 heterocycles. The second kappa shape index (κ2) is 9.74. The number of H-pyrrole nitrogens is 1. The molecule has 1 amide bonds. The Bertz CT molecular complexity index is 1260. The zero-order chi connectivity index (χ0) is 23.5. The lowest BCUT2D eigenvalue weighted by Gasteiger charge is -2.34. The summed E-state index contributed by atoms with van der Waals surface area (Å²) in [5.41, 5.74) is 2.26. The number of carbonyl (C=O) groups excluding carboxylic acids is 1. The molecule has 0 radical (unpaired) electrons. The highest BCUT2D eigenvalue weighted by Crippen LogP contribution is 2.15. The van der Waals surface area contributed by atoms with Crippen molar-refractivity contribution < 1.29 is 4.79 Å². The molecule has 9 heteroatoms. The predicted octanol–water partition coefficient (Wildman–Crippen LogP) is 1.42. The molecule has 1 aliphatic rings. The summed E-state index contributed by atoms with van der Waals surface area (Å²) in [6, 6.07) is 8.00. The van der Waals surface area contributed by atoms with Crippen molar-refractivity contribution in [3.63, 3.8) is 0 Å². The Hall–Kier alpha value is -3.20. The summed E-state index contributed by atoms with van der Waals surface area (Å²) in [5, 5.41) is 0. The fraction of sp³-hybridized carbons (Fsp3) is 0.500. The fourth-order valence-corrected chi connectivity index (χ4v) is 4.39. The number of rotatable bonds is 7. The van der Waals surface area contributed by atoms with Crippen LogP contribution in [0.4, 0.5) is 0 Å². The van der Waals surface area contributed by atoms with Crippen molar-refractivity contribution in [2.45, 2.75) is 46.2 Å². The van der Waals surface area contributed by atoms with E-state index in [0.717, 1.165) is 42.9 Å². The molecule has 0 spiro atoms. The number of amides is 1. The third-order valence-electron chi connectivity index (χ3n) is 6.53. The quantitative estimate of drug-likeness (QED) is 0.585. The molecular formula is C24H32N6O3. The lowest BCUT2D eigenvalue weighted by Crippen LogP contribution is -2.49. The first kappa shape index (κ1) is 23.0. The summed E-state index contributed by atoms with van der Waals surface area (Å²) in [6.07, 6.45) is 2.21. The van der Waals surface area contributed by atoms with Gasteiger partial charge >= 0.3 is 5.69 Å². The lowest BCUT2D eigenvalue weighted by molar-refractivity contribution is -0.132. The molecule has 3 aromatic rings. The summed E-state index contributed by atoms with van der Waals surface area (Å²) < 4.78 is 3.34. The molecule has 1 aromatic carbocycles. The first-order valence-electron chi connectivity index (χ1n) is 11.6. The van der Waals surface area contributed by atoms with Gasteiger partial charge in [-0.05, 0) is 24.5 Å². The van der Waals surface area contributed by atoms with E-state index in [-0.39, 0.29) is 5.91 Å². The number of hydrogen-bond acceptors (Lipinski definition) is 5. The smallest absolute Gasteiger partial charge is 0.330 e. The Morgan fingerprint density at radius 1 is 1.12 bits per heavy atom. The van der Waals surface area contributed by atoms with Gasteiger partial charge in [0.25, 0.3) is 5.56 Å². The summed E-state index contributed by atoms with van der Waals surface area (Å²) in [7, 11) is 1.82. The Kier molecular flexibility index (Phi) is 6.78. The van der Waals surface area contributed by atoms with Gasteiger partial charge < -0.3 is 9.47 Å². The van der Waals surface area contributed by atoms with Crippen LogP contribution >= 0.6 is 0 Å². The Balaban J connectivity index is 1.45. The topological polar surface area (TPSA) is 96.2 Å². The first-order chi connectivity index (χ1) is 15.9. The number of nitrogens with zero attached hydrogens (tertiary/aromatic N) is 5. The van der Waals surface area contributed by atoms with Gasteiger partial charge in [0.15, 0.2) is 11.2 Å². The zero-order valence-corrected chi connectivity index (χ0v) is 19.6. The molecule has 1 fully saturated rings. The number of benzene rings is 1. The molecule has 2 aromatic heterocycles. The van der Waals surface area contributed by atoms with Crippen molar-refractivity contribution in [2.75, 3.05) is 26.2 Å². The Labute approximate surface area is 192 Å². The molecule has 176 valence electrons. The van der Waals surface area contributed by atoms with Crippen molar-refractivity contribution in [1.82, 2.24) is 28.9 Å². The van der Waals surface area contributed by atoms with E-state index in [1.807, 2.05) is 43.1 Å². The summed E-state index contributed by atoms with van der Waals surface area (Å²) >= 11 is 0. The van der Waals surface area contributed by atoms with E-state index in [1.165, 1.54) is 0 Å². The number of imidazole rings is 1. The summed E-state index contributed by atoms with van der Waals surface area (Å²) in [4.78, 5) is 48.8. The van der Waals surface area contributed by atoms with Gasteiger partial charge in [0.2, 0.25) is 5.91 Å². The lowest BCUT2D eigenvalue weighted by atomic mass is 10.1. The van der Waals surface area contributed by atoms with Crippen LogP contribution in [-0.4, -0.2) is 61.0 Å². The van der Waals surface area contributed by atoms with Crippen LogP contribution in [0.25, 0.3) is 11.2 Å². The molecule has 1 aliphatic heterocycles. The van der Waals surface area contributed by atoms with E-state index in [9.17, 15) is 14.4 Å². The van der Waals surface area contributed by atoms with Crippen LogP contribution < -0.4 is 11.2 Å². The Morgan fingerprint density at radius 3 is 2.55 bits per heavy atom. The van der Waals surface area contributed by atoms with E-state index >= 15 is 0 Å². The van der Waals surface area contributed by atoms with E-state index < -0.39 is 11.2 Å². The normalized spacial score (nSPS) is 14.8. The minimum Gasteiger partial charge on any atom is -0.340 e.